The highest BCUT2D eigenvalue weighted by atomic mass is 16.4. The van der Waals surface area contributed by atoms with E-state index in [1.54, 1.807) is 0 Å². The fraction of sp³-hybridized carbons (Fsp3) is 0.727. The van der Waals surface area contributed by atoms with Crippen molar-refractivity contribution in [3.8, 4) is 0 Å². The summed E-state index contributed by atoms with van der Waals surface area (Å²) in [5.41, 5.74) is 0. The van der Waals surface area contributed by atoms with Crippen LogP contribution in [0.5, 0.6) is 0 Å². The number of aliphatic carboxylic acids is 1. The molecular weight excluding hydrogens is 224 g/mol. The molecule has 0 bridgehead atoms. The highest BCUT2D eigenvalue weighted by molar-refractivity contribution is 5.95. The molecule has 1 saturated carbocycles. The number of carboxylic acid groups (broad SMARTS) is 1. The monoisotopic (exact) mass is 242 g/mol. The van der Waals surface area contributed by atoms with Crippen LogP contribution in [0.4, 0.5) is 4.79 Å². The lowest BCUT2D eigenvalue weighted by Crippen LogP contribution is -2.43. The van der Waals surface area contributed by atoms with Gasteiger partial charge in [0, 0.05) is 12.5 Å². The van der Waals surface area contributed by atoms with Gasteiger partial charge in [-0.1, -0.05) is 12.8 Å². The van der Waals surface area contributed by atoms with Crippen molar-refractivity contribution < 1.29 is 19.5 Å². The van der Waals surface area contributed by atoms with Crippen molar-refractivity contribution >= 4 is 17.9 Å². The number of hydrogen-bond donors (Lipinski definition) is 3. The molecule has 0 saturated heterocycles. The summed E-state index contributed by atoms with van der Waals surface area (Å²) >= 11 is 0. The number of urea groups is 1. The van der Waals surface area contributed by atoms with Crippen molar-refractivity contribution in [2.75, 3.05) is 0 Å². The quantitative estimate of drug-likeness (QED) is 0.643. The molecule has 6 heteroatoms. The number of carbonyl (C=O) groups is 3. The zero-order valence-electron chi connectivity index (χ0n) is 9.86. The van der Waals surface area contributed by atoms with Gasteiger partial charge in [-0.15, -0.1) is 0 Å². The second-order valence-electron chi connectivity index (χ2n) is 4.50. The van der Waals surface area contributed by atoms with Gasteiger partial charge in [0.15, 0.2) is 0 Å². The van der Waals surface area contributed by atoms with Gasteiger partial charge in [-0.2, -0.15) is 0 Å². The number of nitrogens with one attached hydrogen (secondary N) is 2. The number of amides is 3. The van der Waals surface area contributed by atoms with Gasteiger partial charge in [0.25, 0.3) is 0 Å². The molecule has 0 aromatic carbocycles. The maximum Gasteiger partial charge on any atom is 0.321 e. The van der Waals surface area contributed by atoms with Crippen LogP contribution < -0.4 is 10.6 Å². The molecule has 1 atom stereocenters. The van der Waals surface area contributed by atoms with E-state index in [0.717, 1.165) is 6.42 Å². The summed E-state index contributed by atoms with van der Waals surface area (Å²) in [5, 5.41) is 13.1. The van der Waals surface area contributed by atoms with Crippen molar-refractivity contribution in [2.45, 2.75) is 45.1 Å². The van der Waals surface area contributed by atoms with E-state index in [-0.39, 0.29) is 18.9 Å². The van der Waals surface area contributed by atoms with Gasteiger partial charge in [-0.25, -0.2) is 4.79 Å². The van der Waals surface area contributed by atoms with Crippen molar-refractivity contribution in [3.05, 3.63) is 0 Å². The van der Waals surface area contributed by atoms with Crippen molar-refractivity contribution in [2.24, 2.45) is 5.92 Å². The van der Waals surface area contributed by atoms with E-state index in [0.29, 0.717) is 5.92 Å². The third kappa shape index (κ3) is 6.55. The predicted molar refractivity (Wildman–Crippen MR) is 60.3 cm³/mol. The maximum atomic E-state index is 11.3. The molecule has 0 heterocycles. The zero-order valence-corrected chi connectivity index (χ0v) is 9.86. The fourth-order valence-corrected chi connectivity index (χ4v) is 1.58. The van der Waals surface area contributed by atoms with E-state index < -0.39 is 17.9 Å². The van der Waals surface area contributed by atoms with E-state index in [1.807, 2.05) is 6.92 Å². The Kier molecular flexibility index (Phi) is 4.93. The van der Waals surface area contributed by atoms with Crippen LogP contribution >= 0.6 is 0 Å². The van der Waals surface area contributed by atoms with Crippen molar-refractivity contribution in [3.63, 3.8) is 0 Å². The van der Waals surface area contributed by atoms with E-state index in [9.17, 15) is 14.4 Å². The molecular formula is C11H18N2O4. The first kappa shape index (κ1) is 13.5. The second-order valence-corrected chi connectivity index (χ2v) is 4.50. The summed E-state index contributed by atoms with van der Waals surface area (Å²) in [6.07, 6.45) is 2.91. The molecule has 0 spiro atoms. The number of imide groups is 1. The predicted octanol–water partition coefficient (Wildman–Crippen LogP) is 0.866. The van der Waals surface area contributed by atoms with E-state index >= 15 is 0 Å². The molecule has 1 unspecified atom stereocenters. The third-order valence-electron chi connectivity index (χ3n) is 2.58. The second kappa shape index (κ2) is 6.22. The summed E-state index contributed by atoms with van der Waals surface area (Å²) in [7, 11) is 0. The van der Waals surface area contributed by atoms with Crippen LogP contribution in [0.1, 0.15) is 39.0 Å². The first-order valence-corrected chi connectivity index (χ1v) is 5.79. The molecule has 3 N–H and O–H groups in total. The minimum atomic E-state index is -1.05. The normalized spacial score (nSPS) is 16.1. The average Bonchev–Trinajstić information content (AvgIpc) is 2.97. The van der Waals surface area contributed by atoms with Crippen molar-refractivity contribution in [1.82, 2.24) is 10.6 Å². The highest BCUT2D eigenvalue weighted by Crippen LogP contribution is 2.33. The molecule has 1 aliphatic carbocycles. The van der Waals surface area contributed by atoms with Crippen LogP contribution in [0, 0.1) is 5.92 Å². The Bertz CT molecular complexity index is 313. The highest BCUT2D eigenvalue weighted by Gasteiger charge is 2.24. The van der Waals surface area contributed by atoms with Gasteiger partial charge in [-0.05, 0) is 19.3 Å². The lowest BCUT2D eigenvalue weighted by atomic mass is 10.2. The summed E-state index contributed by atoms with van der Waals surface area (Å²) in [6.45, 7) is 1.89. The molecule has 1 fully saturated rings. The van der Waals surface area contributed by atoms with Crippen LogP contribution in [-0.2, 0) is 9.59 Å². The Labute approximate surface area is 99.8 Å². The summed E-state index contributed by atoms with van der Waals surface area (Å²) in [4.78, 5) is 32.7. The summed E-state index contributed by atoms with van der Waals surface area (Å²) < 4.78 is 0. The fourth-order valence-electron chi connectivity index (χ4n) is 1.58. The third-order valence-corrected chi connectivity index (χ3v) is 2.58. The first-order valence-electron chi connectivity index (χ1n) is 5.79. The molecule has 1 rings (SSSR count). The van der Waals surface area contributed by atoms with Gasteiger partial charge in [0.2, 0.25) is 5.91 Å². The SMILES string of the molecule is CC(CC1CC1)NC(=O)NC(=O)CCC(=O)O. The molecule has 0 radical (unpaired) electrons. The smallest absolute Gasteiger partial charge is 0.321 e. The number of carboxylic acids is 1. The van der Waals surface area contributed by atoms with Gasteiger partial charge >= 0.3 is 12.0 Å². The molecule has 6 nitrogen and oxygen atoms in total. The topological polar surface area (TPSA) is 95.5 Å². The van der Waals surface area contributed by atoms with Crippen LogP contribution in [0.15, 0.2) is 0 Å². The summed E-state index contributed by atoms with van der Waals surface area (Å²) in [5.74, 6) is -0.917. The Morgan fingerprint density at radius 1 is 1.29 bits per heavy atom. The van der Waals surface area contributed by atoms with Gasteiger partial charge < -0.3 is 10.4 Å². The van der Waals surface area contributed by atoms with E-state index in [4.69, 9.17) is 5.11 Å². The standard InChI is InChI=1S/C11H18N2O4/c1-7(6-8-2-3-8)12-11(17)13-9(14)4-5-10(15)16/h7-8H,2-6H2,1H3,(H,15,16)(H2,12,13,14,17). The molecule has 0 aliphatic heterocycles. The summed E-state index contributed by atoms with van der Waals surface area (Å²) in [6, 6.07) is -0.511. The maximum absolute atomic E-state index is 11.3. The van der Waals surface area contributed by atoms with Crippen LogP contribution in [0.2, 0.25) is 0 Å². The van der Waals surface area contributed by atoms with E-state index in [2.05, 4.69) is 10.6 Å². The van der Waals surface area contributed by atoms with Crippen molar-refractivity contribution in [1.29, 1.82) is 0 Å². The van der Waals surface area contributed by atoms with Gasteiger partial charge in [0.1, 0.15) is 0 Å². The Morgan fingerprint density at radius 3 is 2.47 bits per heavy atom. The molecule has 0 aromatic heterocycles. The molecule has 96 valence electrons. The Balaban J connectivity index is 2.13. The molecule has 3 amide bonds. The molecule has 17 heavy (non-hydrogen) atoms. The largest absolute Gasteiger partial charge is 0.481 e. The Hall–Kier alpha value is -1.59. The van der Waals surface area contributed by atoms with Crippen LogP contribution in [-0.4, -0.2) is 29.1 Å². The van der Waals surface area contributed by atoms with Crippen LogP contribution in [0.3, 0.4) is 0 Å². The number of rotatable bonds is 6. The number of hydrogen-bond acceptors (Lipinski definition) is 3. The zero-order chi connectivity index (χ0) is 12.8. The lowest BCUT2D eigenvalue weighted by Gasteiger charge is -2.13. The molecule has 0 aromatic rings. The Morgan fingerprint density at radius 2 is 1.94 bits per heavy atom. The van der Waals surface area contributed by atoms with Crippen LogP contribution in [0.25, 0.3) is 0 Å². The lowest BCUT2D eigenvalue weighted by molar-refractivity contribution is -0.138. The van der Waals surface area contributed by atoms with E-state index in [1.165, 1.54) is 12.8 Å². The number of carbonyl (C=O) groups excluding carboxylic acids is 2. The average molecular weight is 242 g/mol. The minimum Gasteiger partial charge on any atom is -0.481 e. The first-order chi connectivity index (χ1) is 7.97. The van der Waals surface area contributed by atoms with Gasteiger partial charge in [-0.3, -0.25) is 14.9 Å². The molecule has 1 aliphatic rings. The minimum absolute atomic E-state index is 0.0368. The van der Waals surface area contributed by atoms with Gasteiger partial charge in [0.05, 0.1) is 6.42 Å².